The first-order chi connectivity index (χ1) is 9.45. The standard InChI is InChI=1S/C10H12F3N3O4S/c1-15(5-4-10(11,12)13)21(19,20)9-3-2-7(14)6-8(9)16(17)18/h2-3,6H,4-5,14H2,1H3. The zero-order valence-corrected chi connectivity index (χ0v) is 11.6. The molecule has 0 unspecified atom stereocenters. The minimum atomic E-state index is -4.53. The van der Waals surface area contributed by atoms with E-state index in [-0.39, 0.29) is 5.69 Å². The van der Waals surface area contributed by atoms with Crippen molar-refractivity contribution in [2.75, 3.05) is 19.3 Å². The van der Waals surface area contributed by atoms with Gasteiger partial charge >= 0.3 is 6.18 Å². The minimum Gasteiger partial charge on any atom is -0.399 e. The molecular weight excluding hydrogens is 315 g/mol. The average Bonchev–Trinajstić information content (AvgIpc) is 2.34. The summed E-state index contributed by atoms with van der Waals surface area (Å²) in [5.74, 6) is 0. The Labute approximate surface area is 118 Å². The second-order valence-corrected chi connectivity index (χ2v) is 6.19. The number of nitro benzene ring substituents is 1. The molecule has 0 bridgehead atoms. The highest BCUT2D eigenvalue weighted by molar-refractivity contribution is 7.89. The molecule has 21 heavy (non-hydrogen) atoms. The third kappa shape index (κ3) is 4.29. The second kappa shape index (κ2) is 5.85. The van der Waals surface area contributed by atoms with Gasteiger partial charge in [0.15, 0.2) is 4.90 Å². The van der Waals surface area contributed by atoms with Gasteiger partial charge < -0.3 is 5.73 Å². The van der Waals surface area contributed by atoms with Gasteiger partial charge in [0, 0.05) is 25.3 Å². The number of anilines is 1. The minimum absolute atomic E-state index is 0.0291. The van der Waals surface area contributed by atoms with Crippen LogP contribution in [0.15, 0.2) is 23.1 Å². The molecule has 118 valence electrons. The molecule has 0 aromatic heterocycles. The van der Waals surface area contributed by atoms with Gasteiger partial charge in [-0.3, -0.25) is 10.1 Å². The van der Waals surface area contributed by atoms with Crippen molar-refractivity contribution in [3.63, 3.8) is 0 Å². The Morgan fingerprint density at radius 1 is 1.38 bits per heavy atom. The van der Waals surface area contributed by atoms with Gasteiger partial charge in [0.25, 0.3) is 5.69 Å². The van der Waals surface area contributed by atoms with Crippen molar-refractivity contribution in [3.8, 4) is 0 Å². The van der Waals surface area contributed by atoms with Gasteiger partial charge in [0.1, 0.15) is 0 Å². The van der Waals surface area contributed by atoms with Gasteiger partial charge in [-0.2, -0.15) is 13.2 Å². The zero-order chi connectivity index (χ0) is 16.4. The lowest BCUT2D eigenvalue weighted by molar-refractivity contribution is -0.387. The summed E-state index contributed by atoms with van der Waals surface area (Å²) in [6.07, 6.45) is -5.89. The van der Waals surface area contributed by atoms with Crippen LogP contribution >= 0.6 is 0 Å². The Kier molecular flexibility index (Phi) is 4.79. The van der Waals surface area contributed by atoms with E-state index in [1.165, 1.54) is 0 Å². The molecule has 0 saturated heterocycles. The molecule has 0 fully saturated rings. The molecule has 0 amide bonds. The number of benzene rings is 1. The Morgan fingerprint density at radius 2 is 1.95 bits per heavy atom. The number of nitro groups is 1. The smallest absolute Gasteiger partial charge is 0.390 e. The van der Waals surface area contributed by atoms with E-state index in [0.717, 1.165) is 25.2 Å². The summed E-state index contributed by atoms with van der Waals surface area (Å²) in [6.45, 7) is -0.840. The predicted octanol–water partition coefficient (Wildman–Crippen LogP) is 1.75. The molecule has 1 rings (SSSR count). The summed E-state index contributed by atoms with van der Waals surface area (Å²) in [6, 6.07) is 2.86. The molecule has 1 aromatic rings. The van der Waals surface area contributed by atoms with Crippen LogP contribution in [-0.2, 0) is 10.0 Å². The van der Waals surface area contributed by atoms with E-state index in [0.29, 0.717) is 4.31 Å². The highest BCUT2D eigenvalue weighted by Crippen LogP contribution is 2.29. The van der Waals surface area contributed by atoms with Crippen LogP contribution in [0, 0.1) is 10.1 Å². The molecule has 0 heterocycles. The highest BCUT2D eigenvalue weighted by Gasteiger charge is 2.33. The van der Waals surface area contributed by atoms with E-state index >= 15 is 0 Å². The number of alkyl halides is 3. The lowest BCUT2D eigenvalue weighted by atomic mass is 10.3. The van der Waals surface area contributed by atoms with Gasteiger partial charge in [-0.1, -0.05) is 0 Å². The van der Waals surface area contributed by atoms with E-state index in [1.54, 1.807) is 0 Å². The molecule has 0 aliphatic heterocycles. The number of nitrogens with zero attached hydrogens (tertiary/aromatic N) is 2. The predicted molar refractivity (Wildman–Crippen MR) is 68.0 cm³/mol. The quantitative estimate of drug-likeness (QED) is 0.504. The van der Waals surface area contributed by atoms with Crippen LogP contribution in [-0.4, -0.2) is 37.4 Å². The Balaban J connectivity index is 3.16. The molecule has 0 aliphatic carbocycles. The van der Waals surface area contributed by atoms with Crippen molar-refractivity contribution in [3.05, 3.63) is 28.3 Å². The summed E-state index contributed by atoms with van der Waals surface area (Å²) in [7, 11) is -3.50. The number of sulfonamides is 1. The number of hydrogen-bond donors (Lipinski definition) is 1. The van der Waals surface area contributed by atoms with Crippen molar-refractivity contribution in [1.82, 2.24) is 4.31 Å². The van der Waals surface area contributed by atoms with Crippen molar-refractivity contribution >= 4 is 21.4 Å². The fraction of sp³-hybridized carbons (Fsp3) is 0.400. The van der Waals surface area contributed by atoms with Crippen LogP contribution in [0.2, 0.25) is 0 Å². The Bertz CT molecular complexity index is 645. The average molecular weight is 327 g/mol. The van der Waals surface area contributed by atoms with E-state index in [4.69, 9.17) is 5.73 Å². The number of hydrogen-bond acceptors (Lipinski definition) is 5. The summed E-state index contributed by atoms with van der Waals surface area (Å²) < 4.78 is 61.0. The maximum atomic E-state index is 12.1. The molecule has 7 nitrogen and oxygen atoms in total. The lowest BCUT2D eigenvalue weighted by Gasteiger charge is -2.18. The van der Waals surface area contributed by atoms with Crippen molar-refractivity contribution in [2.45, 2.75) is 17.5 Å². The molecule has 0 atom stereocenters. The third-order valence-corrected chi connectivity index (χ3v) is 4.48. The van der Waals surface area contributed by atoms with Crippen LogP contribution in [0.1, 0.15) is 6.42 Å². The fourth-order valence-electron chi connectivity index (χ4n) is 1.47. The van der Waals surface area contributed by atoms with E-state index in [2.05, 4.69) is 0 Å². The van der Waals surface area contributed by atoms with Crippen LogP contribution in [0.5, 0.6) is 0 Å². The summed E-state index contributed by atoms with van der Waals surface area (Å²) >= 11 is 0. The first kappa shape index (κ1) is 17.2. The monoisotopic (exact) mass is 327 g/mol. The van der Waals surface area contributed by atoms with E-state index < -0.39 is 44.7 Å². The third-order valence-electron chi connectivity index (χ3n) is 2.58. The normalized spacial score (nSPS) is 12.6. The highest BCUT2D eigenvalue weighted by atomic mass is 32.2. The van der Waals surface area contributed by atoms with Crippen LogP contribution in [0.25, 0.3) is 0 Å². The number of nitrogen functional groups attached to an aromatic ring is 1. The molecule has 0 spiro atoms. The second-order valence-electron chi connectivity index (χ2n) is 4.18. The lowest BCUT2D eigenvalue weighted by Crippen LogP contribution is -2.31. The molecule has 0 aliphatic rings. The van der Waals surface area contributed by atoms with Crippen molar-refractivity contribution in [2.24, 2.45) is 0 Å². The first-order valence-electron chi connectivity index (χ1n) is 5.52. The maximum Gasteiger partial charge on any atom is 0.390 e. The Hall–Kier alpha value is -1.88. The van der Waals surface area contributed by atoms with E-state index in [9.17, 15) is 31.7 Å². The van der Waals surface area contributed by atoms with Gasteiger partial charge in [0.2, 0.25) is 10.0 Å². The molecule has 0 saturated carbocycles. The maximum absolute atomic E-state index is 12.1. The van der Waals surface area contributed by atoms with E-state index in [1.807, 2.05) is 0 Å². The molecule has 1 aromatic carbocycles. The van der Waals surface area contributed by atoms with Crippen LogP contribution < -0.4 is 5.73 Å². The number of halogens is 3. The van der Waals surface area contributed by atoms with Crippen molar-refractivity contribution < 1.29 is 26.5 Å². The van der Waals surface area contributed by atoms with Crippen LogP contribution in [0.3, 0.4) is 0 Å². The molecule has 11 heteroatoms. The molecule has 0 radical (unpaired) electrons. The Morgan fingerprint density at radius 3 is 2.43 bits per heavy atom. The molecular formula is C10H12F3N3O4S. The summed E-state index contributed by atoms with van der Waals surface area (Å²) in [5, 5.41) is 10.8. The van der Waals surface area contributed by atoms with Gasteiger partial charge in [-0.15, -0.1) is 0 Å². The van der Waals surface area contributed by atoms with Crippen molar-refractivity contribution in [1.29, 1.82) is 0 Å². The largest absolute Gasteiger partial charge is 0.399 e. The zero-order valence-electron chi connectivity index (χ0n) is 10.8. The van der Waals surface area contributed by atoms with Crippen LogP contribution in [0.4, 0.5) is 24.5 Å². The SMILES string of the molecule is CN(CCC(F)(F)F)S(=O)(=O)c1ccc(N)cc1[N+](=O)[O-]. The summed E-state index contributed by atoms with van der Waals surface area (Å²) in [5.41, 5.74) is 4.53. The van der Waals surface area contributed by atoms with Gasteiger partial charge in [-0.25, -0.2) is 12.7 Å². The van der Waals surface area contributed by atoms with Gasteiger partial charge in [0.05, 0.1) is 11.3 Å². The number of nitrogens with two attached hydrogens (primary N) is 1. The topological polar surface area (TPSA) is 107 Å². The first-order valence-corrected chi connectivity index (χ1v) is 6.96. The summed E-state index contributed by atoms with van der Waals surface area (Å²) in [4.78, 5) is 9.19. The fourth-order valence-corrected chi connectivity index (χ4v) is 2.77. The number of rotatable bonds is 5. The van der Waals surface area contributed by atoms with Gasteiger partial charge in [-0.05, 0) is 12.1 Å². The molecule has 2 N–H and O–H groups in total.